The third-order valence-electron chi connectivity index (χ3n) is 4.39. The van der Waals surface area contributed by atoms with Gasteiger partial charge in [0.25, 0.3) is 0 Å². The summed E-state index contributed by atoms with van der Waals surface area (Å²) in [7, 11) is 1.99. The van der Waals surface area contributed by atoms with E-state index in [1.165, 1.54) is 11.3 Å². The second-order valence-corrected chi connectivity index (χ2v) is 6.79. The molecule has 0 saturated carbocycles. The SMILES string of the molecule is Cc1ccc(Cl)cc1N1CC[NH+](Cn2ccn(C)c2=S)CC1. The van der Waals surface area contributed by atoms with Gasteiger partial charge in [0.05, 0.1) is 26.2 Å². The number of rotatable bonds is 3. The lowest BCUT2D eigenvalue weighted by Gasteiger charge is -2.34. The molecule has 0 aliphatic carbocycles. The maximum atomic E-state index is 6.14. The molecule has 6 heteroatoms. The fourth-order valence-electron chi connectivity index (χ4n) is 3.02. The highest BCUT2D eigenvalue weighted by Gasteiger charge is 2.21. The number of nitrogens with zero attached hydrogens (tertiary/aromatic N) is 3. The fourth-order valence-corrected chi connectivity index (χ4v) is 3.37. The summed E-state index contributed by atoms with van der Waals surface area (Å²) in [5.74, 6) is 0. The molecule has 0 unspecified atom stereocenters. The van der Waals surface area contributed by atoms with Crippen LogP contribution < -0.4 is 9.80 Å². The molecule has 1 aromatic heterocycles. The molecule has 1 aliphatic heterocycles. The maximum absolute atomic E-state index is 6.14. The molecule has 1 saturated heterocycles. The zero-order chi connectivity index (χ0) is 15.7. The van der Waals surface area contributed by atoms with Gasteiger partial charge < -0.3 is 14.4 Å². The average molecular weight is 338 g/mol. The van der Waals surface area contributed by atoms with Gasteiger partial charge >= 0.3 is 0 Å². The van der Waals surface area contributed by atoms with E-state index in [2.05, 4.69) is 34.7 Å². The highest BCUT2D eigenvalue weighted by atomic mass is 35.5. The summed E-state index contributed by atoms with van der Waals surface area (Å²) in [5.41, 5.74) is 2.56. The van der Waals surface area contributed by atoms with Crippen LogP contribution in [-0.2, 0) is 13.7 Å². The smallest absolute Gasteiger partial charge is 0.183 e. The van der Waals surface area contributed by atoms with Crippen LogP contribution in [0.3, 0.4) is 0 Å². The van der Waals surface area contributed by atoms with Gasteiger partial charge in [0.2, 0.25) is 0 Å². The van der Waals surface area contributed by atoms with Gasteiger partial charge in [-0.25, -0.2) is 0 Å². The van der Waals surface area contributed by atoms with Crippen molar-refractivity contribution in [1.29, 1.82) is 0 Å². The van der Waals surface area contributed by atoms with Crippen molar-refractivity contribution in [3.63, 3.8) is 0 Å². The first-order valence-electron chi connectivity index (χ1n) is 7.61. The van der Waals surface area contributed by atoms with E-state index < -0.39 is 0 Å². The first-order chi connectivity index (χ1) is 10.5. The molecule has 22 heavy (non-hydrogen) atoms. The third kappa shape index (κ3) is 3.21. The number of imidazole rings is 1. The number of hydrogen-bond donors (Lipinski definition) is 1. The quantitative estimate of drug-likeness (QED) is 0.862. The highest BCUT2D eigenvalue weighted by molar-refractivity contribution is 7.71. The molecule has 2 heterocycles. The number of piperazine rings is 1. The molecule has 118 valence electrons. The van der Waals surface area contributed by atoms with Crippen molar-refractivity contribution in [3.8, 4) is 0 Å². The van der Waals surface area contributed by atoms with Gasteiger partial charge in [-0.1, -0.05) is 17.7 Å². The number of aromatic nitrogens is 2. The molecule has 0 amide bonds. The third-order valence-corrected chi connectivity index (χ3v) is 5.15. The predicted octanol–water partition coefficient (Wildman–Crippen LogP) is 1.88. The van der Waals surface area contributed by atoms with Gasteiger partial charge in [-0.15, -0.1) is 0 Å². The Morgan fingerprint density at radius 3 is 2.59 bits per heavy atom. The van der Waals surface area contributed by atoms with E-state index in [0.717, 1.165) is 42.6 Å². The minimum Gasteiger partial charge on any atom is -0.360 e. The summed E-state index contributed by atoms with van der Waals surface area (Å²) in [6.45, 7) is 7.43. The van der Waals surface area contributed by atoms with Gasteiger partial charge in [-0.05, 0) is 36.8 Å². The van der Waals surface area contributed by atoms with Gasteiger partial charge in [0.15, 0.2) is 11.4 Å². The van der Waals surface area contributed by atoms with Crippen molar-refractivity contribution in [2.75, 3.05) is 31.1 Å². The molecule has 2 aromatic rings. The minimum absolute atomic E-state index is 0.811. The van der Waals surface area contributed by atoms with Crippen LogP contribution in [0.25, 0.3) is 0 Å². The van der Waals surface area contributed by atoms with Gasteiger partial charge in [0, 0.05) is 30.2 Å². The number of anilines is 1. The Labute approximate surface area is 141 Å². The topological polar surface area (TPSA) is 17.5 Å². The molecule has 4 nitrogen and oxygen atoms in total. The first-order valence-corrected chi connectivity index (χ1v) is 8.39. The zero-order valence-corrected chi connectivity index (χ0v) is 14.6. The summed E-state index contributed by atoms with van der Waals surface area (Å²) < 4.78 is 5.03. The Morgan fingerprint density at radius 2 is 1.95 bits per heavy atom. The number of quaternary nitrogens is 1. The number of hydrogen-bond acceptors (Lipinski definition) is 2. The maximum Gasteiger partial charge on any atom is 0.183 e. The normalized spacial score (nSPS) is 16.2. The molecule has 0 bridgehead atoms. The lowest BCUT2D eigenvalue weighted by Crippen LogP contribution is -3.14. The summed E-state index contributed by atoms with van der Waals surface area (Å²) in [4.78, 5) is 4.01. The Morgan fingerprint density at radius 1 is 1.23 bits per heavy atom. The molecule has 1 aliphatic rings. The molecule has 1 aromatic carbocycles. The summed E-state index contributed by atoms with van der Waals surface area (Å²) in [6.07, 6.45) is 4.09. The van der Waals surface area contributed by atoms with Crippen LogP contribution in [0.4, 0.5) is 5.69 Å². The second-order valence-electron chi connectivity index (χ2n) is 5.99. The summed E-state index contributed by atoms with van der Waals surface area (Å²) >= 11 is 11.6. The van der Waals surface area contributed by atoms with E-state index in [0.29, 0.717) is 0 Å². The van der Waals surface area contributed by atoms with Crippen molar-refractivity contribution in [3.05, 3.63) is 45.9 Å². The molecule has 0 spiro atoms. The van der Waals surface area contributed by atoms with Crippen molar-refractivity contribution in [2.45, 2.75) is 13.6 Å². The Hall–Kier alpha value is -1.30. The van der Waals surface area contributed by atoms with Crippen molar-refractivity contribution >= 4 is 29.5 Å². The summed E-state index contributed by atoms with van der Waals surface area (Å²) in [6, 6.07) is 6.13. The summed E-state index contributed by atoms with van der Waals surface area (Å²) in [5, 5.41) is 0.811. The first kappa shape index (κ1) is 15.6. The lowest BCUT2D eigenvalue weighted by atomic mass is 10.1. The van der Waals surface area contributed by atoms with E-state index in [1.807, 2.05) is 23.9 Å². The predicted molar refractivity (Wildman–Crippen MR) is 93.3 cm³/mol. The lowest BCUT2D eigenvalue weighted by molar-refractivity contribution is -0.923. The molecule has 0 atom stereocenters. The van der Waals surface area contributed by atoms with Gasteiger partial charge in [0.1, 0.15) is 0 Å². The van der Waals surface area contributed by atoms with Crippen LogP contribution in [0.15, 0.2) is 30.6 Å². The van der Waals surface area contributed by atoms with Crippen LogP contribution in [0, 0.1) is 11.7 Å². The van der Waals surface area contributed by atoms with Crippen molar-refractivity contribution in [2.24, 2.45) is 7.05 Å². The van der Waals surface area contributed by atoms with E-state index >= 15 is 0 Å². The minimum atomic E-state index is 0.811. The van der Waals surface area contributed by atoms with Crippen LogP contribution >= 0.6 is 23.8 Å². The highest BCUT2D eigenvalue weighted by Crippen LogP contribution is 2.24. The second kappa shape index (κ2) is 6.44. The Kier molecular flexibility index (Phi) is 4.57. The van der Waals surface area contributed by atoms with E-state index in [1.54, 1.807) is 4.90 Å². The number of aryl methyl sites for hydroxylation is 2. The number of benzene rings is 1. The van der Waals surface area contributed by atoms with Crippen molar-refractivity contribution in [1.82, 2.24) is 9.13 Å². The zero-order valence-electron chi connectivity index (χ0n) is 13.1. The van der Waals surface area contributed by atoms with E-state index in [-0.39, 0.29) is 0 Å². The monoisotopic (exact) mass is 337 g/mol. The molecule has 0 radical (unpaired) electrons. The van der Waals surface area contributed by atoms with Gasteiger partial charge in [-0.2, -0.15) is 0 Å². The molecule has 3 rings (SSSR count). The number of halogens is 1. The molecular weight excluding hydrogens is 316 g/mol. The number of nitrogens with one attached hydrogen (secondary N) is 1. The van der Waals surface area contributed by atoms with Crippen LogP contribution in [0.2, 0.25) is 5.02 Å². The Balaban J connectivity index is 1.64. The van der Waals surface area contributed by atoms with E-state index in [9.17, 15) is 0 Å². The molecule has 1 N–H and O–H groups in total. The molecular formula is C16H22ClN4S+. The molecule has 1 fully saturated rings. The van der Waals surface area contributed by atoms with Crippen molar-refractivity contribution < 1.29 is 4.90 Å². The van der Waals surface area contributed by atoms with Gasteiger partial charge in [-0.3, -0.25) is 4.57 Å². The van der Waals surface area contributed by atoms with Crippen LogP contribution in [0.5, 0.6) is 0 Å². The van der Waals surface area contributed by atoms with Crippen LogP contribution in [0.1, 0.15) is 5.56 Å². The largest absolute Gasteiger partial charge is 0.360 e. The fraction of sp³-hybridized carbons (Fsp3) is 0.438. The van der Waals surface area contributed by atoms with Crippen LogP contribution in [-0.4, -0.2) is 35.3 Å². The van der Waals surface area contributed by atoms with E-state index in [4.69, 9.17) is 23.8 Å². The average Bonchev–Trinajstić information content (AvgIpc) is 2.83. The Bertz CT molecular complexity index is 713. The standard InChI is InChI=1S/C16H21ClN4S/c1-13-3-4-14(17)11-15(13)20-9-6-19(7-10-20)12-21-8-5-18(2)16(21)22/h3-5,8,11H,6-7,9-10,12H2,1-2H3/p+1.